The van der Waals surface area contributed by atoms with Gasteiger partial charge in [0.1, 0.15) is 11.9 Å². The number of ether oxygens (including phenoxy) is 1. The molecular weight excluding hydrogens is 300 g/mol. The number of hydrogen-bond acceptors (Lipinski definition) is 4. The van der Waals surface area contributed by atoms with Crippen LogP contribution < -0.4 is 15.4 Å². The number of hydrogen-bond donors (Lipinski definition) is 3. The normalized spacial score (nSPS) is 11.8. The van der Waals surface area contributed by atoms with Crippen LogP contribution in [-0.4, -0.2) is 24.3 Å². The summed E-state index contributed by atoms with van der Waals surface area (Å²) in [5, 5.41) is 17.4. The molecule has 2 rings (SSSR count). The molecule has 0 aliphatic carbocycles. The Bertz CT molecular complexity index is 610. The van der Waals surface area contributed by atoms with Crippen molar-refractivity contribution in [3.63, 3.8) is 0 Å². The predicted octanol–water partition coefficient (Wildman–Crippen LogP) is 3.31. The molecule has 2 aromatic rings. The Morgan fingerprint density at radius 2 is 2.05 bits per heavy atom. The molecule has 3 N–H and O–H groups in total. The van der Waals surface area contributed by atoms with Crippen LogP contribution in [0.2, 0.25) is 0 Å². The zero-order valence-electron chi connectivity index (χ0n) is 12.6. The summed E-state index contributed by atoms with van der Waals surface area (Å²) in [6, 6.07) is 8.72. The largest absolute Gasteiger partial charge is 0.494 e. The van der Waals surface area contributed by atoms with Crippen LogP contribution in [-0.2, 0) is 0 Å². The van der Waals surface area contributed by atoms with Crippen molar-refractivity contribution in [2.45, 2.75) is 20.0 Å². The molecule has 0 radical (unpaired) electrons. The maximum atomic E-state index is 11.8. The van der Waals surface area contributed by atoms with E-state index in [0.29, 0.717) is 12.3 Å². The number of carbonyl (C=O) groups excluding carboxylic acids is 1. The van der Waals surface area contributed by atoms with Crippen molar-refractivity contribution in [1.82, 2.24) is 5.32 Å². The predicted molar refractivity (Wildman–Crippen MR) is 88.6 cm³/mol. The van der Waals surface area contributed by atoms with Crippen LogP contribution in [0.15, 0.2) is 35.7 Å². The molecule has 0 spiro atoms. The van der Waals surface area contributed by atoms with Gasteiger partial charge in [0, 0.05) is 10.6 Å². The Labute approximate surface area is 133 Å². The summed E-state index contributed by atoms with van der Waals surface area (Å²) in [6.45, 7) is 4.63. The van der Waals surface area contributed by atoms with Crippen molar-refractivity contribution < 1.29 is 14.6 Å². The average Bonchev–Trinajstić information content (AvgIpc) is 2.93. The first-order valence-corrected chi connectivity index (χ1v) is 7.98. The number of aliphatic hydroxyl groups excluding tert-OH is 1. The van der Waals surface area contributed by atoms with Crippen molar-refractivity contribution in [3.8, 4) is 5.75 Å². The fourth-order valence-corrected chi connectivity index (χ4v) is 2.90. The minimum atomic E-state index is -0.689. The molecule has 0 unspecified atom stereocenters. The van der Waals surface area contributed by atoms with Crippen LogP contribution >= 0.6 is 11.3 Å². The summed E-state index contributed by atoms with van der Waals surface area (Å²) in [5.41, 5.74) is 1.70. The average molecular weight is 320 g/mol. The highest BCUT2D eigenvalue weighted by Gasteiger charge is 2.13. The number of amides is 2. The minimum absolute atomic E-state index is 0.171. The molecule has 0 aliphatic heterocycles. The van der Waals surface area contributed by atoms with Gasteiger partial charge in [-0.1, -0.05) is 0 Å². The third-order valence-corrected chi connectivity index (χ3v) is 4.20. The van der Waals surface area contributed by atoms with E-state index < -0.39 is 6.10 Å². The molecule has 1 heterocycles. The van der Waals surface area contributed by atoms with Gasteiger partial charge in [0.25, 0.3) is 0 Å². The van der Waals surface area contributed by atoms with E-state index in [4.69, 9.17) is 4.74 Å². The van der Waals surface area contributed by atoms with E-state index in [1.54, 1.807) is 24.3 Å². The van der Waals surface area contributed by atoms with Crippen molar-refractivity contribution in [3.05, 3.63) is 46.2 Å². The van der Waals surface area contributed by atoms with E-state index in [2.05, 4.69) is 10.6 Å². The molecule has 1 aromatic carbocycles. The summed E-state index contributed by atoms with van der Waals surface area (Å²) in [5.74, 6) is 0.761. The number of benzene rings is 1. The van der Waals surface area contributed by atoms with Gasteiger partial charge in [0.2, 0.25) is 0 Å². The number of aliphatic hydroxyl groups is 1. The lowest BCUT2D eigenvalue weighted by Crippen LogP contribution is -2.32. The highest BCUT2D eigenvalue weighted by atomic mass is 32.1. The van der Waals surface area contributed by atoms with Gasteiger partial charge in [-0.2, -0.15) is 0 Å². The van der Waals surface area contributed by atoms with E-state index in [-0.39, 0.29) is 12.6 Å². The zero-order valence-corrected chi connectivity index (χ0v) is 13.4. The fraction of sp³-hybridized carbons (Fsp3) is 0.312. The topological polar surface area (TPSA) is 70.6 Å². The molecule has 22 heavy (non-hydrogen) atoms. The molecule has 5 nitrogen and oxygen atoms in total. The summed E-state index contributed by atoms with van der Waals surface area (Å²) in [7, 11) is 0. The molecule has 0 aliphatic rings. The van der Waals surface area contributed by atoms with Gasteiger partial charge in [0.15, 0.2) is 0 Å². The highest BCUT2D eigenvalue weighted by molar-refractivity contribution is 7.10. The van der Waals surface area contributed by atoms with E-state index >= 15 is 0 Å². The van der Waals surface area contributed by atoms with E-state index in [9.17, 15) is 9.90 Å². The third-order valence-electron chi connectivity index (χ3n) is 3.08. The molecule has 0 saturated heterocycles. The second-order valence-electron chi connectivity index (χ2n) is 4.78. The number of nitrogens with one attached hydrogen (secondary N) is 2. The lowest BCUT2D eigenvalue weighted by atomic mass is 10.2. The van der Waals surface area contributed by atoms with Crippen molar-refractivity contribution in [2.24, 2.45) is 0 Å². The van der Waals surface area contributed by atoms with Gasteiger partial charge in [-0.3, -0.25) is 0 Å². The smallest absolute Gasteiger partial charge is 0.319 e. The first-order valence-electron chi connectivity index (χ1n) is 7.10. The van der Waals surface area contributed by atoms with Gasteiger partial charge in [-0.15, -0.1) is 11.3 Å². The van der Waals surface area contributed by atoms with E-state index in [0.717, 1.165) is 16.2 Å². The lowest BCUT2D eigenvalue weighted by Gasteiger charge is -2.12. The summed E-state index contributed by atoms with van der Waals surface area (Å²) >= 11 is 1.48. The van der Waals surface area contributed by atoms with E-state index in [1.807, 2.05) is 25.3 Å². The number of carbonyl (C=O) groups is 1. The number of thiophene rings is 1. The first kappa shape index (κ1) is 16.3. The molecule has 1 atom stereocenters. The van der Waals surface area contributed by atoms with Crippen LogP contribution in [0.1, 0.15) is 23.5 Å². The van der Waals surface area contributed by atoms with Crippen molar-refractivity contribution in [1.29, 1.82) is 0 Å². The highest BCUT2D eigenvalue weighted by Crippen LogP contribution is 2.23. The molecule has 0 fully saturated rings. The quantitative estimate of drug-likeness (QED) is 0.765. The Balaban J connectivity index is 1.81. The molecule has 0 bridgehead atoms. The first-order chi connectivity index (χ1) is 10.6. The van der Waals surface area contributed by atoms with Gasteiger partial charge in [0.05, 0.1) is 13.2 Å². The molecule has 0 saturated carbocycles. The van der Waals surface area contributed by atoms with Crippen molar-refractivity contribution in [2.75, 3.05) is 18.5 Å². The molecule has 6 heteroatoms. The monoisotopic (exact) mass is 320 g/mol. The zero-order chi connectivity index (χ0) is 15.9. The maximum Gasteiger partial charge on any atom is 0.319 e. The van der Waals surface area contributed by atoms with Gasteiger partial charge < -0.3 is 20.5 Å². The molecule has 1 aromatic heterocycles. The molecule has 2 amide bonds. The number of aryl methyl sites for hydroxylation is 1. The van der Waals surface area contributed by atoms with Gasteiger partial charge >= 0.3 is 6.03 Å². The van der Waals surface area contributed by atoms with Crippen LogP contribution in [0.3, 0.4) is 0 Å². The summed E-state index contributed by atoms with van der Waals surface area (Å²) in [6.07, 6.45) is -0.689. The Morgan fingerprint density at radius 3 is 2.64 bits per heavy atom. The maximum absolute atomic E-state index is 11.8. The Hall–Kier alpha value is -2.05. The molecule has 118 valence electrons. The molecular formula is C16H20N2O3S. The summed E-state index contributed by atoms with van der Waals surface area (Å²) in [4.78, 5) is 12.7. The second-order valence-corrected chi connectivity index (χ2v) is 5.72. The SMILES string of the molecule is CCOc1ccc(NC(=O)NC[C@@H](O)c2sccc2C)cc1. The van der Waals surface area contributed by atoms with Crippen LogP contribution in [0, 0.1) is 6.92 Å². The minimum Gasteiger partial charge on any atom is -0.494 e. The number of urea groups is 1. The third kappa shape index (κ3) is 4.47. The number of rotatable bonds is 6. The van der Waals surface area contributed by atoms with Crippen LogP contribution in [0.5, 0.6) is 5.75 Å². The fourth-order valence-electron chi connectivity index (χ4n) is 1.98. The van der Waals surface area contributed by atoms with Gasteiger partial charge in [-0.25, -0.2) is 4.79 Å². The van der Waals surface area contributed by atoms with Crippen LogP contribution in [0.4, 0.5) is 10.5 Å². The summed E-state index contributed by atoms with van der Waals surface area (Å²) < 4.78 is 5.34. The van der Waals surface area contributed by atoms with E-state index in [1.165, 1.54) is 11.3 Å². The van der Waals surface area contributed by atoms with Gasteiger partial charge in [-0.05, 0) is 55.1 Å². The second kappa shape index (κ2) is 7.82. The van der Waals surface area contributed by atoms with Crippen LogP contribution in [0.25, 0.3) is 0 Å². The standard InChI is InChI=1S/C16H20N2O3S/c1-3-21-13-6-4-12(5-7-13)18-16(20)17-10-14(19)15-11(2)8-9-22-15/h4-9,14,19H,3,10H2,1-2H3,(H2,17,18,20)/t14-/m1/s1. The van der Waals surface area contributed by atoms with Crippen molar-refractivity contribution >= 4 is 23.1 Å². The number of anilines is 1. The lowest BCUT2D eigenvalue weighted by molar-refractivity contribution is 0.178. The Morgan fingerprint density at radius 1 is 1.32 bits per heavy atom. The Kier molecular flexibility index (Phi) is 5.80.